The SMILES string of the molecule is CCC(C)(CCc1ccsc1)CNCC(C)C. The predicted molar refractivity (Wildman–Crippen MR) is 78.7 cm³/mol. The molecule has 0 bridgehead atoms. The molecule has 2 heteroatoms. The van der Waals surface area contributed by atoms with Gasteiger partial charge in [-0.05, 0) is 59.5 Å². The highest BCUT2D eigenvalue weighted by atomic mass is 32.1. The summed E-state index contributed by atoms with van der Waals surface area (Å²) in [6.45, 7) is 11.5. The summed E-state index contributed by atoms with van der Waals surface area (Å²) >= 11 is 1.80. The quantitative estimate of drug-likeness (QED) is 0.726. The predicted octanol–water partition coefficient (Wildman–Crippen LogP) is 4.34. The summed E-state index contributed by atoms with van der Waals surface area (Å²) in [7, 11) is 0. The second-order valence-corrected chi connectivity index (χ2v) is 6.60. The van der Waals surface area contributed by atoms with Gasteiger partial charge in [-0.15, -0.1) is 0 Å². The molecule has 0 aromatic carbocycles. The van der Waals surface area contributed by atoms with Crippen molar-refractivity contribution in [3.8, 4) is 0 Å². The maximum atomic E-state index is 3.61. The number of nitrogens with one attached hydrogen (secondary N) is 1. The van der Waals surface area contributed by atoms with E-state index in [-0.39, 0.29) is 0 Å². The fraction of sp³-hybridized carbons (Fsp3) is 0.733. The molecular weight excluding hydrogens is 226 g/mol. The van der Waals surface area contributed by atoms with Crippen LogP contribution in [0, 0.1) is 11.3 Å². The van der Waals surface area contributed by atoms with Gasteiger partial charge in [0.05, 0.1) is 0 Å². The normalized spacial score (nSPS) is 15.1. The standard InChI is InChI=1S/C15H27NS/c1-5-15(4,12-16-10-13(2)3)8-6-14-7-9-17-11-14/h7,9,11,13,16H,5-6,8,10,12H2,1-4H3. The van der Waals surface area contributed by atoms with E-state index in [1.165, 1.54) is 24.8 Å². The average molecular weight is 253 g/mol. The number of aryl methyl sites for hydroxylation is 1. The van der Waals surface area contributed by atoms with Crippen LogP contribution >= 0.6 is 11.3 Å². The first-order valence-corrected chi connectivity index (χ1v) is 7.72. The third-order valence-corrected chi connectivity index (χ3v) is 4.29. The lowest BCUT2D eigenvalue weighted by molar-refractivity contribution is 0.265. The van der Waals surface area contributed by atoms with Crippen molar-refractivity contribution in [1.82, 2.24) is 5.32 Å². The molecule has 0 saturated carbocycles. The second-order valence-electron chi connectivity index (χ2n) is 5.82. The van der Waals surface area contributed by atoms with Crippen LogP contribution in [0.25, 0.3) is 0 Å². The Bertz CT molecular complexity index is 292. The molecule has 17 heavy (non-hydrogen) atoms. The lowest BCUT2D eigenvalue weighted by Gasteiger charge is -2.29. The van der Waals surface area contributed by atoms with Crippen molar-refractivity contribution in [1.29, 1.82) is 0 Å². The lowest BCUT2D eigenvalue weighted by atomic mass is 9.82. The fourth-order valence-electron chi connectivity index (χ4n) is 1.93. The molecule has 1 heterocycles. The highest BCUT2D eigenvalue weighted by Crippen LogP contribution is 2.27. The number of thiophene rings is 1. The Morgan fingerprint density at radius 3 is 2.71 bits per heavy atom. The maximum Gasteiger partial charge on any atom is 0.000528 e. The zero-order valence-corrected chi connectivity index (χ0v) is 12.6. The van der Waals surface area contributed by atoms with Gasteiger partial charge >= 0.3 is 0 Å². The van der Waals surface area contributed by atoms with Crippen LogP contribution in [0.1, 0.15) is 46.1 Å². The van der Waals surface area contributed by atoms with E-state index >= 15 is 0 Å². The van der Waals surface area contributed by atoms with Crippen LogP contribution in [-0.4, -0.2) is 13.1 Å². The molecule has 0 aliphatic heterocycles. The summed E-state index contributed by atoms with van der Waals surface area (Å²) in [5.41, 5.74) is 1.94. The van der Waals surface area contributed by atoms with Crippen LogP contribution in [-0.2, 0) is 6.42 Å². The van der Waals surface area contributed by atoms with Crippen molar-refractivity contribution in [2.24, 2.45) is 11.3 Å². The molecule has 0 aliphatic rings. The first-order chi connectivity index (χ1) is 8.06. The van der Waals surface area contributed by atoms with Crippen LogP contribution < -0.4 is 5.32 Å². The van der Waals surface area contributed by atoms with Crippen LogP contribution in [0.3, 0.4) is 0 Å². The molecule has 1 N–H and O–H groups in total. The van der Waals surface area contributed by atoms with E-state index < -0.39 is 0 Å². The molecule has 1 nitrogen and oxygen atoms in total. The molecule has 1 aromatic rings. The molecule has 0 spiro atoms. The van der Waals surface area contributed by atoms with E-state index in [0.717, 1.165) is 19.0 Å². The lowest BCUT2D eigenvalue weighted by Crippen LogP contribution is -2.33. The first-order valence-electron chi connectivity index (χ1n) is 6.77. The topological polar surface area (TPSA) is 12.0 Å². The van der Waals surface area contributed by atoms with Gasteiger partial charge in [-0.3, -0.25) is 0 Å². The van der Waals surface area contributed by atoms with Crippen molar-refractivity contribution in [3.05, 3.63) is 22.4 Å². The van der Waals surface area contributed by atoms with Crippen LogP contribution in [0.4, 0.5) is 0 Å². The molecular formula is C15H27NS. The molecule has 0 fully saturated rings. The summed E-state index contributed by atoms with van der Waals surface area (Å²) in [6.07, 6.45) is 3.75. The van der Waals surface area contributed by atoms with Gasteiger partial charge in [0, 0.05) is 6.54 Å². The van der Waals surface area contributed by atoms with Crippen molar-refractivity contribution in [3.63, 3.8) is 0 Å². The first kappa shape index (κ1) is 14.7. The average Bonchev–Trinajstić information content (AvgIpc) is 2.79. The third-order valence-electron chi connectivity index (χ3n) is 3.56. The van der Waals surface area contributed by atoms with Crippen molar-refractivity contribution in [2.45, 2.75) is 47.0 Å². The smallest absolute Gasteiger partial charge is 0.000528 e. The third kappa shape index (κ3) is 5.69. The minimum atomic E-state index is 0.441. The van der Waals surface area contributed by atoms with Crippen molar-refractivity contribution >= 4 is 11.3 Å². The van der Waals surface area contributed by atoms with E-state index in [2.05, 4.69) is 49.8 Å². The molecule has 1 aromatic heterocycles. The minimum absolute atomic E-state index is 0.441. The molecule has 0 radical (unpaired) electrons. The molecule has 98 valence electrons. The van der Waals surface area contributed by atoms with Crippen LogP contribution in [0.5, 0.6) is 0 Å². The number of rotatable bonds is 8. The fourth-order valence-corrected chi connectivity index (χ4v) is 2.64. The van der Waals surface area contributed by atoms with E-state index in [4.69, 9.17) is 0 Å². The maximum absolute atomic E-state index is 3.61. The van der Waals surface area contributed by atoms with E-state index in [9.17, 15) is 0 Å². The Labute approximate surface area is 111 Å². The molecule has 0 amide bonds. The van der Waals surface area contributed by atoms with Crippen LogP contribution in [0.15, 0.2) is 16.8 Å². The number of hydrogen-bond donors (Lipinski definition) is 1. The molecule has 0 saturated heterocycles. The largest absolute Gasteiger partial charge is 0.316 e. The Morgan fingerprint density at radius 2 is 2.18 bits per heavy atom. The highest BCUT2D eigenvalue weighted by Gasteiger charge is 2.21. The summed E-state index contributed by atoms with van der Waals surface area (Å²) in [5, 5.41) is 8.06. The molecule has 1 rings (SSSR count). The van der Waals surface area contributed by atoms with E-state index in [1.54, 1.807) is 11.3 Å². The summed E-state index contributed by atoms with van der Waals surface area (Å²) < 4.78 is 0. The van der Waals surface area contributed by atoms with Gasteiger partial charge in [0.1, 0.15) is 0 Å². The van der Waals surface area contributed by atoms with Gasteiger partial charge in [0.15, 0.2) is 0 Å². The zero-order valence-electron chi connectivity index (χ0n) is 11.8. The Kier molecular flexibility index (Phi) is 6.21. The molecule has 1 unspecified atom stereocenters. The Balaban J connectivity index is 2.34. The van der Waals surface area contributed by atoms with Crippen molar-refractivity contribution < 1.29 is 0 Å². The summed E-state index contributed by atoms with van der Waals surface area (Å²) in [4.78, 5) is 0. The number of hydrogen-bond acceptors (Lipinski definition) is 2. The van der Waals surface area contributed by atoms with E-state index in [0.29, 0.717) is 5.41 Å². The zero-order chi connectivity index (χ0) is 12.7. The second kappa shape index (κ2) is 7.17. The van der Waals surface area contributed by atoms with Gasteiger partial charge in [0.25, 0.3) is 0 Å². The molecule has 0 aliphatic carbocycles. The monoisotopic (exact) mass is 253 g/mol. The summed E-state index contributed by atoms with van der Waals surface area (Å²) in [6, 6.07) is 2.25. The minimum Gasteiger partial charge on any atom is -0.316 e. The van der Waals surface area contributed by atoms with Crippen molar-refractivity contribution in [2.75, 3.05) is 13.1 Å². The van der Waals surface area contributed by atoms with Crippen LogP contribution in [0.2, 0.25) is 0 Å². The Hall–Kier alpha value is -0.340. The van der Waals surface area contributed by atoms with Gasteiger partial charge in [-0.25, -0.2) is 0 Å². The van der Waals surface area contributed by atoms with E-state index in [1.807, 2.05) is 0 Å². The highest BCUT2D eigenvalue weighted by molar-refractivity contribution is 7.07. The molecule has 1 atom stereocenters. The summed E-state index contributed by atoms with van der Waals surface area (Å²) in [5.74, 6) is 0.743. The Morgan fingerprint density at radius 1 is 1.41 bits per heavy atom. The van der Waals surface area contributed by atoms with Gasteiger partial charge in [-0.2, -0.15) is 11.3 Å². The van der Waals surface area contributed by atoms with Gasteiger partial charge in [-0.1, -0.05) is 27.7 Å². The van der Waals surface area contributed by atoms with Gasteiger partial charge in [0.2, 0.25) is 0 Å². The van der Waals surface area contributed by atoms with Gasteiger partial charge < -0.3 is 5.32 Å².